The molecule has 0 aliphatic heterocycles. The molecule has 0 spiro atoms. The predicted octanol–water partition coefficient (Wildman–Crippen LogP) is 14.7. The minimum atomic E-state index is -3.73. The van der Waals surface area contributed by atoms with Crippen molar-refractivity contribution in [2.24, 2.45) is 5.92 Å². The van der Waals surface area contributed by atoms with Gasteiger partial charge in [-0.1, -0.05) is 0 Å². The van der Waals surface area contributed by atoms with Crippen LogP contribution in [-0.2, 0) is 22.8 Å². The van der Waals surface area contributed by atoms with Crippen LogP contribution in [0.5, 0.6) is 0 Å². The minimum absolute atomic E-state index is 0. The van der Waals surface area contributed by atoms with Gasteiger partial charge in [0.25, 0.3) is 0 Å². The number of fused-ring (bicyclic) bond motifs is 2. The summed E-state index contributed by atoms with van der Waals surface area (Å²) < 4.78 is 6.83. The van der Waals surface area contributed by atoms with Crippen LogP contribution in [0, 0.1) is 5.92 Å². The smallest absolute Gasteiger partial charge is 0.147 e. The van der Waals surface area contributed by atoms with Crippen molar-refractivity contribution in [3.05, 3.63) is 129 Å². The van der Waals surface area contributed by atoms with Crippen molar-refractivity contribution in [3.63, 3.8) is 0 Å². The van der Waals surface area contributed by atoms with Gasteiger partial charge in [-0.25, -0.2) is 0 Å². The number of allylic oxidation sites excluding steroid dienone is 2. The van der Waals surface area contributed by atoms with Gasteiger partial charge in [-0.3, -0.25) is 0 Å². The van der Waals surface area contributed by atoms with Crippen LogP contribution < -0.4 is 0 Å². The van der Waals surface area contributed by atoms with Crippen LogP contribution in [0.1, 0.15) is 138 Å². The zero-order chi connectivity index (χ0) is 35.6. The Hall–Kier alpha value is -1.96. The van der Waals surface area contributed by atoms with Gasteiger partial charge in [-0.05, 0) is 0 Å². The summed E-state index contributed by atoms with van der Waals surface area (Å²) in [7, 11) is 0. The topological polar surface area (TPSA) is 0 Å². The molecule has 0 heterocycles. The molecule has 0 nitrogen and oxygen atoms in total. The molecule has 2 atom stereocenters. The largest absolute Gasteiger partial charge is 0.147 e. The van der Waals surface area contributed by atoms with Gasteiger partial charge < -0.3 is 0 Å². The molecule has 2 saturated carbocycles. The van der Waals surface area contributed by atoms with Crippen molar-refractivity contribution < 1.29 is 17.4 Å². The van der Waals surface area contributed by atoms with Crippen molar-refractivity contribution >= 4 is 43.8 Å². The Balaban J connectivity index is 0.00000240. The molecule has 4 aromatic carbocycles. The van der Waals surface area contributed by atoms with Crippen molar-refractivity contribution in [2.75, 3.05) is 0 Å². The Morgan fingerprint density at radius 1 is 0.604 bits per heavy atom. The molecule has 0 amide bonds. The number of halogens is 2. The first-order valence-corrected chi connectivity index (χ1v) is 34.1. The first-order valence-electron chi connectivity index (χ1n) is 20.4. The van der Waals surface area contributed by atoms with Crippen LogP contribution in [0.15, 0.2) is 96.1 Å². The molecule has 4 aliphatic carbocycles. The summed E-state index contributed by atoms with van der Waals surface area (Å²) in [5, 5.41) is 0. The van der Waals surface area contributed by atoms with E-state index in [2.05, 4.69) is 141 Å². The van der Waals surface area contributed by atoms with E-state index < -0.39 is 17.4 Å². The second kappa shape index (κ2) is 15.5. The Bertz CT molecular complexity index is 2080. The van der Waals surface area contributed by atoms with Gasteiger partial charge in [0.05, 0.1) is 0 Å². The van der Waals surface area contributed by atoms with Crippen molar-refractivity contribution in [1.82, 2.24) is 0 Å². The normalized spacial score (nSPS) is 20.6. The second-order valence-corrected chi connectivity index (χ2v) is 49.4. The Kier molecular flexibility index (Phi) is 11.9. The van der Waals surface area contributed by atoms with E-state index in [1.165, 1.54) is 96.7 Å². The maximum atomic E-state index is 2.85. The third kappa shape index (κ3) is 7.39. The molecule has 4 aromatic rings. The van der Waals surface area contributed by atoms with Gasteiger partial charge in [0.15, 0.2) is 0 Å². The zero-order valence-corrected chi connectivity index (χ0v) is 38.6. The van der Waals surface area contributed by atoms with Crippen LogP contribution in [-0.4, -0.2) is 6.88 Å². The van der Waals surface area contributed by atoms with Gasteiger partial charge in [-0.2, -0.15) is 0 Å². The van der Waals surface area contributed by atoms with Gasteiger partial charge in [0, 0.05) is 0 Å². The summed E-state index contributed by atoms with van der Waals surface area (Å²) >= 11 is -3.73. The third-order valence-corrected chi connectivity index (χ3v) is 31.2. The molecular weight excluding hydrogens is 779 g/mol. The van der Waals surface area contributed by atoms with E-state index in [1.807, 2.05) is 0 Å². The molecule has 0 aromatic heterocycles. The van der Waals surface area contributed by atoms with E-state index >= 15 is 0 Å². The quantitative estimate of drug-likeness (QED) is 0.163. The fraction of sp³-hybridized carbons (Fsp3) is 0.429. The molecule has 0 N–H and O–H groups in total. The number of benzene rings is 4. The van der Waals surface area contributed by atoms with Crippen LogP contribution >= 0.6 is 24.8 Å². The molecule has 8 rings (SSSR count). The third-order valence-electron chi connectivity index (χ3n) is 13.7. The SMILES string of the molecule is CCC1=Cc2c(-c3ccc(C4CCCCC4)cc3)cccc2[CH]1[Zr]([CH3])([CH3])(=[SiH2])[CH]1C(C2CCCC2)=Cc2c(-c3ccc(C(C)(C)C)cc3)cccc21.Cl.Cl. The summed E-state index contributed by atoms with van der Waals surface area (Å²) in [4.78, 5) is 0. The molecule has 4 aliphatic rings. The number of rotatable bonds is 7. The summed E-state index contributed by atoms with van der Waals surface area (Å²) in [6.45, 7) is 11.9. The maximum absolute atomic E-state index is 3.73. The summed E-state index contributed by atoms with van der Waals surface area (Å²) in [5.41, 5.74) is 18.5. The van der Waals surface area contributed by atoms with Gasteiger partial charge >= 0.3 is 314 Å². The first kappa shape index (κ1) is 40.7. The average molecular weight is 841 g/mol. The van der Waals surface area contributed by atoms with E-state index in [9.17, 15) is 0 Å². The molecule has 0 radical (unpaired) electrons. The summed E-state index contributed by atoms with van der Waals surface area (Å²) in [6, 6.07) is 33.9. The van der Waals surface area contributed by atoms with Gasteiger partial charge in [0.2, 0.25) is 0 Å². The van der Waals surface area contributed by atoms with E-state index in [4.69, 9.17) is 0 Å². The molecule has 280 valence electrons. The Morgan fingerprint density at radius 2 is 1.09 bits per heavy atom. The summed E-state index contributed by atoms with van der Waals surface area (Å²) in [6.07, 6.45) is 18.9. The Labute approximate surface area is 336 Å². The maximum Gasteiger partial charge on any atom is -0.147 e. The average Bonchev–Trinajstić information content (AvgIpc) is 3.89. The van der Waals surface area contributed by atoms with Crippen molar-refractivity contribution in [3.8, 4) is 22.3 Å². The van der Waals surface area contributed by atoms with E-state index in [0.717, 1.165) is 18.3 Å². The summed E-state index contributed by atoms with van der Waals surface area (Å²) in [5.74, 6) is 1.47. The minimum Gasteiger partial charge on any atom is -0.147 e. The van der Waals surface area contributed by atoms with Crippen LogP contribution in [0.25, 0.3) is 34.4 Å². The molecule has 0 saturated heterocycles. The first-order chi connectivity index (χ1) is 24.4. The van der Waals surface area contributed by atoms with E-state index in [-0.39, 0.29) is 30.2 Å². The van der Waals surface area contributed by atoms with Crippen LogP contribution in [0.2, 0.25) is 9.26 Å². The molecule has 0 bridgehead atoms. The Morgan fingerprint density at radius 3 is 1.64 bits per heavy atom. The molecule has 2 fully saturated rings. The monoisotopic (exact) mass is 838 g/mol. The fourth-order valence-corrected chi connectivity index (χ4v) is 31.0. The van der Waals surface area contributed by atoms with Crippen molar-refractivity contribution in [1.29, 1.82) is 0 Å². The molecule has 2 unspecified atom stereocenters. The standard InChI is InChI=1S/C24H27.C23H25.2CH3.2ClH.H2Si.Zr/c1-24(2,3)21-13-11-18(12-14-21)22-10-6-9-19-15-20(16-23(19)22)17-7-4-5-8-17;1-2-17-15-21-9-6-10-22(23(21)16-17)20-13-11-19(12-14-20)18-7-4-3-5-8-18;;;;;;/h6,9-17H,4-5,7-8H2,1-3H3;6,9-16,18H,2-5,7-8H2,1H3;2*1H3;2*1H;1H2;. The fourth-order valence-electron chi connectivity index (χ4n) is 11.2. The number of hydrogen-bond acceptors (Lipinski definition) is 0. The van der Waals surface area contributed by atoms with E-state index in [0.29, 0.717) is 7.25 Å². The van der Waals surface area contributed by atoms with Crippen LogP contribution in [0.4, 0.5) is 0 Å². The zero-order valence-electron chi connectivity index (χ0n) is 33.1. The molecule has 4 heteroatoms. The molecule has 53 heavy (non-hydrogen) atoms. The second-order valence-electron chi connectivity index (χ2n) is 18.9. The van der Waals surface area contributed by atoms with Crippen LogP contribution in [0.3, 0.4) is 0 Å². The van der Waals surface area contributed by atoms with Gasteiger partial charge in [0.1, 0.15) is 0 Å². The van der Waals surface area contributed by atoms with Gasteiger partial charge in [-0.15, -0.1) is 24.8 Å². The predicted molar refractivity (Wildman–Crippen MR) is 237 cm³/mol. The molecular formula is C49H62Cl2SiZr. The van der Waals surface area contributed by atoms with Crippen molar-refractivity contribution in [2.45, 2.75) is 120 Å². The number of hydrogen-bond donors (Lipinski definition) is 0. The van der Waals surface area contributed by atoms with E-state index in [1.54, 1.807) is 27.8 Å².